The van der Waals surface area contributed by atoms with Crippen molar-refractivity contribution in [2.45, 2.75) is 12.7 Å². The molecule has 1 N–H and O–H groups in total. The summed E-state index contributed by atoms with van der Waals surface area (Å²) in [6.07, 6.45) is -4.55. The van der Waals surface area contributed by atoms with Crippen molar-refractivity contribution in [2.75, 3.05) is 33.0 Å². The van der Waals surface area contributed by atoms with Gasteiger partial charge in [0, 0.05) is 38.8 Å². The number of H-pyrrole nitrogens is 1. The molecule has 1 fully saturated rings. The third-order valence-corrected chi connectivity index (χ3v) is 4.61. The third kappa shape index (κ3) is 3.70. The molecule has 4 rings (SSSR count). The van der Waals surface area contributed by atoms with Crippen LogP contribution in [0.3, 0.4) is 0 Å². The van der Waals surface area contributed by atoms with Crippen molar-refractivity contribution in [3.8, 4) is 11.5 Å². The molecule has 0 atom stereocenters. The number of nitrogens with one attached hydrogen (secondary N) is 1. The molecule has 0 spiro atoms. The zero-order chi connectivity index (χ0) is 19.0. The van der Waals surface area contributed by atoms with Gasteiger partial charge >= 0.3 is 6.18 Å². The number of nitrogens with zero attached hydrogens (tertiary/aromatic N) is 3. The van der Waals surface area contributed by atoms with Crippen LogP contribution < -0.4 is 9.47 Å². The number of benzene rings is 1. The number of rotatable bonds is 3. The topological polar surface area (TPSA) is 70.7 Å². The number of carbonyl (C=O) groups is 1. The van der Waals surface area contributed by atoms with Crippen LogP contribution in [0.15, 0.2) is 24.3 Å². The summed E-state index contributed by atoms with van der Waals surface area (Å²) in [6, 6.07) is 6.52. The van der Waals surface area contributed by atoms with E-state index in [0.717, 1.165) is 23.1 Å². The number of hydrogen-bond acceptors (Lipinski definition) is 5. The van der Waals surface area contributed by atoms with Crippen LogP contribution >= 0.6 is 0 Å². The molecule has 10 heteroatoms. The van der Waals surface area contributed by atoms with E-state index in [1.54, 1.807) is 0 Å². The highest BCUT2D eigenvalue weighted by Crippen LogP contribution is 2.33. The van der Waals surface area contributed by atoms with E-state index in [2.05, 4.69) is 10.00 Å². The first-order valence-electron chi connectivity index (χ1n) is 8.43. The van der Waals surface area contributed by atoms with E-state index in [4.69, 9.17) is 9.47 Å². The number of hydrogen-bond donors (Lipinski definition) is 1. The van der Waals surface area contributed by atoms with E-state index in [1.807, 2.05) is 23.3 Å². The van der Waals surface area contributed by atoms with Gasteiger partial charge < -0.3 is 14.4 Å². The summed E-state index contributed by atoms with van der Waals surface area (Å²) in [5, 5.41) is 5.37. The number of alkyl halides is 3. The number of fused-ring (bicyclic) bond motifs is 1. The maximum absolute atomic E-state index is 12.6. The van der Waals surface area contributed by atoms with Crippen molar-refractivity contribution in [3.63, 3.8) is 0 Å². The summed E-state index contributed by atoms with van der Waals surface area (Å²) in [5.74, 6) is 0.955. The Balaban J connectivity index is 1.33. The zero-order valence-corrected chi connectivity index (χ0v) is 14.3. The lowest BCUT2D eigenvalue weighted by molar-refractivity contribution is -0.141. The molecule has 27 heavy (non-hydrogen) atoms. The Morgan fingerprint density at radius 1 is 1.11 bits per heavy atom. The Morgan fingerprint density at radius 2 is 1.85 bits per heavy atom. The molecule has 2 aliphatic heterocycles. The van der Waals surface area contributed by atoms with Crippen LogP contribution in [0.1, 0.15) is 21.7 Å². The lowest BCUT2D eigenvalue weighted by Gasteiger charge is -2.34. The molecule has 0 saturated carbocycles. The molecule has 0 bridgehead atoms. The van der Waals surface area contributed by atoms with Crippen molar-refractivity contribution < 1.29 is 27.4 Å². The number of aromatic amines is 1. The number of aromatic nitrogens is 2. The fourth-order valence-corrected chi connectivity index (χ4v) is 3.15. The van der Waals surface area contributed by atoms with Gasteiger partial charge in [-0.1, -0.05) is 6.07 Å². The highest BCUT2D eigenvalue weighted by atomic mass is 19.4. The molecular formula is C17H17F3N4O3. The van der Waals surface area contributed by atoms with Gasteiger partial charge in [-0.2, -0.15) is 18.3 Å². The highest BCUT2D eigenvalue weighted by Gasteiger charge is 2.34. The average Bonchev–Trinajstić information content (AvgIpc) is 3.30. The Kier molecular flexibility index (Phi) is 4.42. The number of carbonyl (C=O) groups excluding carboxylic acids is 1. The van der Waals surface area contributed by atoms with E-state index in [1.165, 1.54) is 4.90 Å². The van der Waals surface area contributed by atoms with E-state index in [9.17, 15) is 18.0 Å². The molecule has 0 unspecified atom stereocenters. The zero-order valence-electron chi connectivity index (χ0n) is 14.3. The van der Waals surface area contributed by atoms with Crippen LogP contribution in [-0.2, 0) is 12.7 Å². The van der Waals surface area contributed by atoms with Crippen molar-refractivity contribution in [1.82, 2.24) is 20.0 Å². The van der Waals surface area contributed by atoms with E-state index in [-0.39, 0.29) is 12.5 Å². The first-order valence-corrected chi connectivity index (χ1v) is 8.43. The Morgan fingerprint density at radius 3 is 2.56 bits per heavy atom. The van der Waals surface area contributed by atoms with Crippen molar-refractivity contribution >= 4 is 5.91 Å². The van der Waals surface area contributed by atoms with Gasteiger partial charge in [0.1, 0.15) is 5.69 Å². The van der Waals surface area contributed by atoms with Crippen molar-refractivity contribution in [3.05, 3.63) is 41.2 Å². The predicted octanol–water partition coefficient (Wildman–Crippen LogP) is 2.12. The van der Waals surface area contributed by atoms with Crippen molar-refractivity contribution in [1.29, 1.82) is 0 Å². The molecule has 0 aliphatic carbocycles. The summed E-state index contributed by atoms with van der Waals surface area (Å²) in [5.41, 5.74) is -0.167. The molecule has 1 aromatic heterocycles. The number of amides is 1. The minimum absolute atomic E-state index is 0.216. The molecule has 3 heterocycles. The highest BCUT2D eigenvalue weighted by molar-refractivity contribution is 5.92. The summed E-state index contributed by atoms with van der Waals surface area (Å²) in [4.78, 5) is 16.1. The summed E-state index contributed by atoms with van der Waals surface area (Å²) in [6.45, 7) is 3.02. The number of halogens is 3. The minimum Gasteiger partial charge on any atom is -0.454 e. The summed E-state index contributed by atoms with van der Waals surface area (Å²) < 4.78 is 48.5. The van der Waals surface area contributed by atoms with Gasteiger partial charge in [-0.25, -0.2) is 0 Å². The van der Waals surface area contributed by atoms with Crippen LogP contribution in [0.25, 0.3) is 0 Å². The molecule has 7 nitrogen and oxygen atoms in total. The molecular weight excluding hydrogens is 365 g/mol. The predicted molar refractivity (Wildman–Crippen MR) is 87.3 cm³/mol. The van der Waals surface area contributed by atoms with Gasteiger partial charge in [-0.15, -0.1) is 0 Å². The van der Waals surface area contributed by atoms with Crippen LogP contribution in [0.5, 0.6) is 11.5 Å². The normalized spacial score (nSPS) is 17.4. The van der Waals surface area contributed by atoms with Crippen LogP contribution in [0, 0.1) is 0 Å². The second-order valence-electron chi connectivity index (χ2n) is 6.42. The Labute approximate surface area is 152 Å². The Bertz CT molecular complexity index is 844. The molecule has 2 aromatic rings. The van der Waals surface area contributed by atoms with E-state index < -0.39 is 17.8 Å². The molecule has 144 valence electrons. The van der Waals surface area contributed by atoms with Crippen LogP contribution in [0.4, 0.5) is 13.2 Å². The standard InChI is InChI=1S/C17H17F3N4O3/c18-17(19,20)15-8-12(21-22-15)16(25)24-5-3-23(4-6-24)9-11-1-2-13-14(7-11)27-10-26-13/h1-2,7-8H,3-6,9-10H2,(H,21,22). The maximum atomic E-state index is 12.6. The van der Waals surface area contributed by atoms with E-state index in [0.29, 0.717) is 32.7 Å². The van der Waals surface area contributed by atoms with Crippen LogP contribution in [-0.4, -0.2) is 58.9 Å². The summed E-state index contributed by atoms with van der Waals surface area (Å²) in [7, 11) is 0. The molecule has 1 amide bonds. The fraction of sp³-hybridized carbons (Fsp3) is 0.412. The monoisotopic (exact) mass is 382 g/mol. The van der Waals surface area contributed by atoms with E-state index >= 15 is 0 Å². The van der Waals surface area contributed by atoms with Gasteiger partial charge in [-0.05, 0) is 17.7 Å². The third-order valence-electron chi connectivity index (χ3n) is 4.61. The van der Waals surface area contributed by atoms with Crippen LogP contribution in [0.2, 0.25) is 0 Å². The molecule has 0 radical (unpaired) electrons. The Hall–Kier alpha value is -2.75. The summed E-state index contributed by atoms with van der Waals surface area (Å²) >= 11 is 0. The first kappa shape index (κ1) is 17.7. The second kappa shape index (κ2) is 6.76. The van der Waals surface area contributed by atoms with Gasteiger partial charge in [0.2, 0.25) is 6.79 Å². The minimum atomic E-state index is -4.55. The number of piperazine rings is 1. The SMILES string of the molecule is O=C(c1cc(C(F)(F)F)[nH]n1)N1CCN(Cc2ccc3c(c2)OCO3)CC1. The smallest absolute Gasteiger partial charge is 0.432 e. The quantitative estimate of drug-likeness (QED) is 0.881. The van der Waals surface area contributed by atoms with Crippen molar-refractivity contribution in [2.24, 2.45) is 0 Å². The second-order valence-corrected chi connectivity index (χ2v) is 6.42. The van der Waals surface area contributed by atoms with Gasteiger partial charge in [0.25, 0.3) is 5.91 Å². The lowest BCUT2D eigenvalue weighted by atomic mass is 10.1. The maximum Gasteiger partial charge on any atom is 0.432 e. The molecule has 2 aliphatic rings. The lowest BCUT2D eigenvalue weighted by Crippen LogP contribution is -2.48. The first-order chi connectivity index (χ1) is 12.9. The van der Waals surface area contributed by atoms with Gasteiger partial charge in [0.05, 0.1) is 0 Å². The van der Waals surface area contributed by atoms with Gasteiger partial charge in [0.15, 0.2) is 17.2 Å². The fourth-order valence-electron chi connectivity index (χ4n) is 3.15. The van der Waals surface area contributed by atoms with Gasteiger partial charge in [-0.3, -0.25) is 14.8 Å². The average molecular weight is 382 g/mol. The number of ether oxygens (including phenoxy) is 2. The molecule has 1 aromatic carbocycles. The largest absolute Gasteiger partial charge is 0.454 e. The molecule has 1 saturated heterocycles.